The van der Waals surface area contributed by atoms with Crippen molar-refractivity contribution in [2.45, 2.75) is 58.8 Å². The van der Waals surface area contributed by atoms with Crippen LogP contribution in [-0.4, -0.2) is 11.1 Å². The Morgan fingerprint density at radius 2 is 1.96 bits per heavy atom. The van der Waals surface area contributed by atoms with Crippen LogP contribution in [0.1, 0.15) is 57.9 Å². The number of allylic oxidation sites excluding steroid dienone is 2. The molecule has 0 saturated heterocycles. The van der Waals surface area contributed by atoms with Gasteiger partial charge in [0.25, 0.3) is 0 Å². The van der Waals surface area contributed by atoms with Gasteiger partial charge in [0.2, 0.25) is 0 Å². The summed E-state index contributed by atoms with van der Waals surface area (Å²) in [5, 5.41) is 9.92. The highest BCUT2D eigenvalue weighted by atomic mass is 16.4. The van der Waals surface area contributed by atoms with E-state index in [1.54, 1.807) is 0 Å². The zero-order chi connectivity index (χ0) is 17.8. The quantitative estimate of drug-likeness (QED) is 0.672. The van der Waals surface area contributed by atoms with E-state index < -0.39 is 5.97 Å². The predicted octanol–water partition coefficient (Wildman–Crippen LogP) is 5.73. The Morgan fingerprint density at radius 3 is 2.68 bits per heavy atom. The third kappa shape index (κ3) is 4.34. The molecule has 0 amide bonds. The molecule has 2 nitrogen and oxygen atoms in total. The van der Waals surface area contributed by atoms with Gasteiger partial charge >= 0.3 is 5.97 Å². The average molecular weight is 341 g/mol. The van der Waals surface area contributed by atoms with Crippen LogP contribution in [0.3, 0.4) is 0 Å². The van der Waals surface area contributed by atoms with Crippen molar-refractivity contribution in [2.75, 3.05) is 0 Å². The minimum Gasteiger partial charge on any atom is -0.481 e. The Hall–Kier alpha value is -1.57. The highest BCUT2D eigenvalue weighted by Crippen LogP contribution is 2.48. The number of carboxylic acid groups (broad SMARTS) is 1. The molecule has 1 saturated carbocycles. The SMILES string of the molecule is CC1=CC2[C@H](C(CCCc3ccccc3)C(=O)O)CC[C@@H](C)[C@@H]2CC1. The van der Waals surface area contributed by atoms with Gasteiger partial charge in [0, 0.05) is 0 Å². The van der Waals surface area contributed by atoms with Crippen molar-refractivity contribution >= 4 is 5.97 Å². The van der Waals surface area contributed by atoms with Gasteiger partial charge in [0.1, 0.15) is 0 Å². The summed E-state index contributed by atoms with van der Waals surface area (Å²) in [7, 11) is 0. The van der Waals surface area contributed by atoms with E-state index in [0.29, 0.717) is 17.8 Å². The van der Waals surface area contributed by atoms with Crippen LogP contribution < -0.4 is 0 Å². The highest BCUT2D eigenvalue weighted by molar-refractivity contribution is 5.70. The molecule has 1 N–H and O–H groups in total. The maximum absolute atomic E-state index is 12.1. The molecular formula is C23H32O2. The molecule has 2 heteroatoms. The lowest BCUT2D eigenvalue weighted by atomic mass is 9.59. The number of carboxylic acids is 1. The molecule has 2 aliphatic rings. The zero-order valence-electron chi connectivity index (χ0n) is 15.7. The van der Waals surface area contributed by atoms with Gasteiger partial charge in [-0.2, -0.15) is 0 Å². The molecule has 5 atom stereocenters. The molecule has 1 aromatic carbocycles. The van der Waals surface area contributed by atoms with Crippen molar-refractivity contribution in [2.24, 2.45) is 29.6 Å². The number of hydrogen-bond acceptors (Lipinski definition) is 1. The third-order valence-electron chi connectivity index (χ3n) is 6.68. The molecule has 3 rings (SSSR count). The second-order valence-corrected chi connectivity index (χ2v) is 8.33. The molecule has 136 valence electrons. The number of hydrogen-bond donors (Lipinski definition) is 1. The van der Waals surface area contributed by atoms with Gasteiger partial charge in [-0.1, -0.05) is 55.3 Å². The fourth-order valence-electron chi connectivity index (χ4n) is 5.25. The lowest BCUT2D eigenvalue weighted by Gasteiger charge is -2.45. The summed E-state index contributed by atoms with van der Waals surface area (Å²) in [5.41, 5.74) is 2.78. The number of rotatable bonds is 6. The summed E-state index contributed by atoms with van der Waals surface area (Å²) in [6.45, 7) is 4.59. The van der Waals surface area contributed by atoms with Gasteiger partial charge in [-0.05, 0) is 74.7 Å². The fraction of sp³-hybridized carbons (Fsp3) is 0.609. The lowest BCUT2D eigenvalue weighted by Crippen LogP contribution is -2.40. The number of aliphatic carboxylic acids is 1. The standard InChI is InChI=1S/C23H32O2/c1-16-11-13-19-17(2)12-14-20(22(19)15-16)21(23(24)25)10-6-9-18-7-4-3-5-8-18/h3-5,7-8,15,17,19-22H,6,9-14H2,1-2H3,(H,24,25)/t17-,19+,20+,21?,22?/m1/s1. The van der Waals surface area contributed by atoms with Crippen LogP contribution in [0.2, 0.25) is 0 Å². The number of benzene rings is 1. The molecule has 0 spiro atoms. The summed E-state index contributed by atoms with van der Waals surface area (Å²) in [4.78, 5) is 12.1. The predicted molar refractivity (Wildman–Crippen MR) is 102 cm³/mol. The van der Waals surface area contributed by atoms with Crippen molar-refractivity contribution in [3.63, 3.8) is 0 Å². The van der Waals surface area contributed by atoms with E-state index in [4.69, 9.17) is 0 Å². The molecule has 0 aliphatic heterocycles. The average Bonchev–Trinajstić information content (AvgIpc) is 2.60. The van der Waals surface area contributed by atoms with E-state index in [2.05, 4.69) is 44.2 Å². The Bertz CT molecular complexity index is 604. The second kappa shape index (κ2) is 8.21. The summed E-state index contributed by atoms with van der Waals surface area (Å²) in [6, 6.07) is 10.4. The van der Waals surface area contributed by atoms with E-state index in [-0.39, 0.29) is 5.92 Å². The first kappa shape index (κ1) is 18.2. The Kier molecular flexibility index (Phi) is 5.98. The van der Waals surface area contributed by atoms with E-state index in [0.717, 1.165) is 31.6 Å². The molecule has 0 bridgehead atoms. The van der Waals surface area contributed by atoms with E-state index >= 15 is 0 Å². The number of fused-ring (bicyclic) bond motifs is 1. The second-order valence-electron chi connectivity index (χ2n) is 8.33. The summed E-state index contributed by atoms with van der Waals surface area (Å²) in [5.74, 6) is 1.47. The van der Waals surface area contributed by atoms with Crippen LogP contribution in [0.15, 0.2) is 42.0 Å². The van der Waals surface area contributed by atoms with E-state index in [1.807, 2.05) is 6.07 Å². The Labute approximate surface area is 152 Å². The molecule has 2 unspecified atom stereocenters. The van der Waals surface area contributed by atoms with Crippen LogP contribution in [0.25, 0.3) is 0 Å². The molecule has 2 aliphatic carbocycles. The van der Waals surface area contributed by atoms with Crippen LogP contribution >= 0.6 is 0 Å². The Balaban J connectivity index is 1.68. The lowest BCUT2D eigenvalue weighted by molar-refractivity contribution is -0.146. The van der Waals surface area contributed by atoms with Crippen molar-refractivity contribution in [3.8, 4) is 0 Å². The Morgan fingerprint density at radius 1 is 1.20 bits per heavy atom. The van der Waals surface area contributed by atoms with Crippen LogP contribution in [0, 0.1) is 29.6 Å². The molecule has 1 aromatic rings. The molecule has 0 radical (unpaired) electrons. The van der Waals surface area contributed by atoms with E-state index in [9.17, 15) is 9.90 Å². The largest absolute Gasteiger partial charge is 0.481 e. The highest BCUT2D eigenvalue weighted by Gasteiger charge is 2.42. The molecule has 1 fully saturated rings. The fourth-order valence-corrected chi connectivity index (χ4v) is 5.25. The first-order chi connectivity index (χ1) is 12.1. The van der Waals surface area contributed by atoms with Crippen molar-refractivity contribution < 1.29 is 9.90 Å². The molecule has 0 aromatic heterocycles. The number of aryl methyl sites for hydroxylation is 1. The van der Waals surface area contributed by atoms with E-state index in [1.165, 1.54) is 30.4 Å². The van der Waals surface area contributed by atoms with Crippen molar-refractivity contribution in [1.82, 2.24) is 0 Å². The summed E-state index contributed by atoms with van der Waals surface area (Å²) >= 11 is 0. The van der Waals surface area contributed by atoms with Crippen molar-refractivity contribution in [1.29, 1.82) is 0 Å². The van der Waals surface area contributed by atoms with Gasteiger partial charge in [0.05, 0.1) is 5.92 Å². The van der Waals surface area contributed by atoms with Gasteiger partial charge in [-0.3, -0.25) is 4.79 Å². The minimum atomic E-state index is -0.581. The van der Waals surface area contributed by atoms with Gasteiger partial charge in [-0.15, -0.1) is 0 Å². The zero-order valence-corrected chi connectivity index (χ0v) is 15.7. The summed E-state index contributed by atoms with van der Waals surface area (Å²) in [6.07, 6.45) is 9.91. The maximum atomic E-state index is 12.1. The van der Waals surface area contributed by atoms with Crippen LogP contribution in [0.5, 0.6) is 0 Å². The minimum absolute atomic E-state index is 0.189. The first-order valence-corrected chi connectivity index (χ1v) is 10.00. The van der Waals surface area contributed by atoms with Gasteiger partial charge in [-0.25, -0.2) is 0 Å². The molecular weight excluding hydrogens is 308 g/mol. The summed E-state index contributed by atoms with van der Waals surface area (Å²) < 4.78 is 0. The van der Waals surface area contributed by atoms with Crippen LogP contribution in [0.4, 0.5) is 0 Å². The van der Waals surface area contributed by atoms with Gasteiger partial charge < -0.3 is 5.11 Å². The van der Waals surface area contributed by atoms with Gasteiger partial charge in [0.15, 0.2) is 0 Å². The first-order valence-electron chi connectivity index (χ1n) is 10.00. The molecule has 25 heavy (non-hydrogen) atoms. The monoisotopic (exact) mass is 340 g/mol. The van der Waals surface area contributed by atoms with Crippen molar-refractivity contribution in [3.05, 3.63) is 47.5 Å². The number of carbonyl (C=O) groups is 1. The molecule has 0 heterocycles. The topological polar surface area (TPSA) is 37.3 Å². The van der Waals surface area contributed by atoms with Crippen LogP contribution in [-0.2, 0) is 11.2 Å². The normalized spacial score (nSPS) is 30.2. The maximum Gasteiger partial charge on any atom is 0.306 e. The third-order valence-corrected chi connectivity index (χ3v) is 6.68. The smallest absolute Gasteiger partial charge is 0.306 e.